The van der Waals surface area contributed by atoms with Crippen LogP contribution < -0.4 is 5.32 Å². The molecule has 14 heavy (non-hydrogen) atoms. The summed E-state index contributed by atoms with van der Waals surface area (Å²) in [5, 5.41) is 3.09. The molecule has 1 aromatic rings. The topological polar surface area (TPSA) is 34.1 Å². The van der Waals surface area contributed by atoms with Crippen molar-refractivity contribution < 1.29 is 4.74 Å². The molecule has 1 rings (SSSR count). The number of hydrogen-bond donors (Lipinski definition) is 1. The minimum Gasteiger partial charge on any atom is -0.377 e. The van der Waals surface area contributed by atoms with Crippen molar-refractivity contribution in [1.29, 1.82) is 0 Å². The Morgan fingerprint density at radius 1 is 1.64 bits per heavy atom. The van der Waals surface area contributed by atoms with Crippen LogP contribution in [0.4, 0.5) is 0 Å². The number of likely N-dealkylation sites (N-methyl/N-ethyl adjacent to an activating group) is 1. The van der Waals surface area contributed by atoms with Crippen LogP contribution in [-0.4, -0.2) is 31.3 Å². The van der Waals surface area contributed by atoms with Gasteiger partial charge in [-0.25, -0.2) is 4.98 Å². The lowest BCUT2D eigenvalue weighted by Gasteiger charge is -2.11. The Bertz CT molecular complexity index is 262. The summed E-state index contributed by atoms with van der Waals surface area (Å²) in [6.07, 6.45) is 1.26. The number of thiazole rings is 1. The Hall–Kier alpha value is -0.450. The number of nitrogens with zero attached hydrogens (tertiary/aromatic N) is 1. The van der Waals surface area contributed by atoms with Crippen LogP contribution in [0.25, 0.3) is 0 Å². The lowest BCUT2D eigenvalue weighted by molar-refractivity contribution is 0.0698. The Morgan fingerprint density at radius 2 is 2.43 bits per heavy atom. The highest BCUT2D eigenvalue weighted by Gasteiger charge is 2.03. The van der Waals surface area contributed by atoms with E-state index in [1.54, 1.807) is 11.3 Å². The van der Waals surface area contributed by atoms with Crippen molar-refractivity contribution in [3.63, 3.8) is 0 Å². The van der Waals surface area contributed by atoms with Crippen LogP contribution in [0.5, 0.6) is 0 Å². The molecule has 4 heteroatoms. The second-order valence-corrected chi connectivity index (χ2v) is 4.29. The van der Waals surface area contributed by atoms with Gasteiger partial charge in [-0.1, -0.05) is 0 Å². The molecule has 1 heterocycles. The summed E-state index contributed by atoms with van der Waals surface area (Å²) in [6.45, 7) is 5.81. The van der Waals surface area contributed by atoms with Gasteiger partial charge in [-0.3, -0.25) is 0 Å². The van der Waals surface area contributed by atoms with Crippen molar-refractivity contribution in [3.8, 4) is 0 Å². The third-order valence-electron chi connectivity index (χ3n) is 2.07. The lowest BCUT2D eigenvalue weighted by Crippen LogP contribution is -2.24. The van der Waals surface area contributed by atoms with E-state index in [1.807, 2.05) is 19.5 Å². The van der Waals surface area contributed by atoms with Gasteiger partial charge in [-0.2, -0.15) is 0 Å². The molecule has 1 N–H and O–H groups in total. The van der Waals surface area contributed by atoms with E-state index in [1.165, 1.54) is 4.88 Å². The summed E-state index contributed by atoms with van der Waals surface area (Å²) in [5.41, 5.74) is 3.03. The largest absolute Gasteiger partial charge is 0.377 e. The molecule has 0 aliphatic rings. The highest BCUT2D eigenvalue weighted by atomic mass is 32.1. The van der Waals surface area contributed by atoms with E-state index in [2.05, 4.69) is 17.2 Å². The predicted octanol–water partition coefficient (Wildman–Crippen LogP) is 1.62. The molecule has 0 aromatic carbocycles. The fourth-order valence-corrected chi connectivity index (χ4v) is 2.03. The Morgan fingerprint density at radius 3 is 3.00 bits per heavy atom. The summed E-state index contributed by atoms with van der Waals surface area (Å²) in [4.78, 5) is 5.54. The highest BCUT2D eigenvalue weighted by molar-refractivity contribution is 7.09. The second-order valence-electron chi connectivity index (χ2n) is 3.35. The van der Waals surface area contributed by atoms with E-state index in [0.29, 0.717) is 0 Å². The number of nitrogens with one attached hydrogen (secondary N) is 1. The maximum absolute atomic E-state index is 5.63. The molecule has 1 atom stereocenters. The van der Waals surface area contributed by atoms with Crippen LogP contribution in [0.15, 0.2) is 5.51 Å². The molecule has 0 radical (unpaired) electrons. The average molecular weight is 214 g/mol. The third kappa shape index (κ3) is 3.74. The van der Waals surface area contributed by atoms with Gasteiger partial charge in [0, 0.05) is 17.8 Å². The maximum Gasteiger partial charge on any atom is 0.0797 e. The minimum absolute atomic E-state index is 0.285. The summed E-state index contributed by atoms with van der Waals surface area (Å²) in [6, 6.07) is 0. The van der Waals surface area contributed by atoms with Crippen molar-refractivity contribution in [2.24, 2.45) is 0 Å². The van der Waals surface area contributed by atoms with Gasteiger partial charge in [0.2, 0.25) is 0 Å². The van der Waals surface area contributed by atoms with E-state index in [-0.39, 0.29) is 6.10 Å². The fourth-order valence-electron chi connectivity index (χ4n) is 1.27. The Kier molecular flexibility index (Phi) is 5.07. The summed E-state index contributed by atoms with van der Waals surface area (Å²) >= 11 is 1.71. The van der Waals surface area contributed by atoms with E-state index in [0.717, 1.165) is 25.3 Å². The lowest BCUT2D eigenvalue weighted by atomic mass is 10.3. The molecule has 0 amide bonds. The van der Waals surface area contributed by atoms with Gasteiger partial charge in [0.05, 0.1) is 23.9 Å². The fraction of sp³-hybridized carbons (Fsp3) is 0.700. The molecule has 0 aliphatic heterocycles. The first kappa shape index (κ1) is 11.6. The molecule has 0 aliphatic carbocycles. The normalized spacial score (nSPS) is 13.1. The van der Waals surface area contributed by atoms with Crippen LogP contribution in [-0.2, 0) is 11.2 Å². The number of aryl methyl sites for hydroxylation is 1. The molecular formula is C10H18N2OS. The van der Waals surface area contributed by atoms with Crippen molar-refractivity contribution in [3.05, 3.63) is 16.1 Å². The summed E-state index contributed by atoms with van der Waals surface area (Å²) < 4.78 is 5.63. The number of aromatic nitrogens is 1. The molecule has 0 saturated carbocycles. The SMILES string of the molecule is CNCC(C)OCCc1scnc1C. The summed E-state index contributed by atoms with van der Waals surface area (Å²) in [7, 11) is 1.94. The molecule has 1 aromatic heterocycles. The van der Waals surface area contributed by atoms with Crippen LogP contribution >= 0.6 is 11.3 Å². The van der Waals surface area contributed by atoms with E-state index in [4.69, 9.17) is 4.74 Å². The molecule has 0 spiro atoms. The molecule has 0 fully saturated rings. The van der Waals surface area contributed by atoms with Gasteiger partial charge in [-0.05, 0) is 20.9 Å². The first-order valence-electron chi connectivity index (χ1n) is 4.89. The van der Waals surface area contributed by atoms with Crippen LogP contribution in [0.3, 0.4) is 0 Å². The maximum atomic E-state index is 5.63. The second kappa shape index (κ2) is 6.11. The van der Waals surface area contributed by atoms with Gasteiger partial charge < -0.3 is 10.1 Å². The Labute approximate surface area is 89.5 Å². The van der Waals surface area contributed by atoms with Crippen molar-refractivity contribution in [1.82, 2.24) is 10.3 Å². The van der Waals surface area contributed by atoms with Crippen molar-refractivity contribution in [2.75, 3.05) is 20.2 Å². The third-order valence-corrected chi connectivity index (χ3v) is 3.06. The highest BCUT2D eigenvalue weighted by Crippen LogP contribution is 2.12. The van der Waals surface area contributed by atoms with Crippen LogP contribution in [0.2, 0.25) is 0 Å². The van der Waals surface area contributed by atoms with Crippen LogP contribution in [0.1, 0.15) is 17.5 Å². The van der Waals surface area contributed by atoms with E-state index < -0.39 is 0 Å². The first-order chi connectivity index (χ1) is 6.74. The average Bonchev–Trinajstić information content (AvgIpc) is 2.52. The number of rotatable bonds is 6. The molecule has 3 nitrogen and oxygen atoms in total. The zero-order valence-corrected chi connectivity index (χ0v) is 9.86. The monoisotopic (exact) mass is 214 g/mol. The number of hydrogen-bond acceptors (Lipinski definition) is 4. The molecule has 80 valence electrons. The Balaban J connectivity index is 2.19. The predicted molar refractivity (Wildman–Crippen MR) is 59.9 cm³/mol. The van der Waals surface area contributed by atoms with Gasteiger partial charge in [0.15, 0.2) is 0 Å². The van der Waals surface area contributed by atoms with Gasteiger partial charge in [0.25, 0.3) is 0 Å². The first-order valence-corrected chi connectivity index (χ1v) is 5.77. The van der Waals surface area contributed by atoms with E-state index >= 15 is 0 Å². The molecule has 0 bridgehead atoms. The minimum atomic E-state index is 0.285. The molecule has 0 saturated heterocycles. The zero-order chi connectivity index (χ0) is 10.4. The van der Waals surface area contributed by atoms with E-state index in [9.17, 15) is 0 Å². The van der Waals surface area contributed by atoms with Crippen molar-refractivity contribution in [2.45, 2.75) is 26.4 Å². The smallest absolute Gasteiger partial charge is 0.0797 e. The van der Waals surface area contributed by atoms with Gasteiger partial charge in [0.1, 0.15) is 0 Å². The number of ether oxygens (including phenoxy) is 1. The quantitative estimate of drug-likeness (QED) is 0.781. The summed E-state index contributed by atoms with van der Waals surface area (Å²) in [5.74, 6) is 0. The molecule has 1 unspecified atom stereocenters. The van der Waals surface area contributed by atoms with Crippen molar-refractivity contribution >= 4 is 11.3 Å². The van der Waals surface area contributed by atoms with Crippen LogP contribution in [0, 0.1) is 6.92 Å². The molecular weight excluding hydrogens is 196 g/mol. The zero-order valence-electron chi connectivity index (χ0n) is 9.04. The van der Waals surface area contributed by atoms with Gasteiger partial charge >= 0.3 is 0 Å². The van der Waals surface area contributed by atoms with Gasteiger partial charge in [-0.15, -0.1) is 11.3 Å². The standard InChI is InChI=1S/C10H18N2OS/c1-8(6-11-3)13-5-4-10-9(2)12-7-14-10/h7-8,11H,4-6H2,1-3H3.